The fourth-order valence-electron chi connectivity index (χ4n) is 1.66. The van der Waals surface area contributed by atoms with Gasteiger partial charge in [-0.25, -0.2) is 9.48 Å². The van der Waals surface area contributed by atoms with E-state index in [1.807, 2.05) is 0 Å². The third-order valence-electron chi connectivity index (χ3n) is 2.57. The van der Waals surface area contributed by atoms with Crippen LogP contribution in [-0.4, -0.2) is 34.6 Å². The number of rotatable bonds is 7. The number of aromatic nitrogens is 3. The van der Waals surface area contributed by atoms with Crippen molar-refractivity contribution in [2.75, 3.05) is 13.7 Å². The minimum atomic E-state index is -0.449. The minimum absolute atomic E-state index is 0.287. The molecule has 2 N–H and O–H groups in total. The molecule has 0 saturated carbocycles. The van der Waals surface area contributed by atoms with Crippen LogP contribution in [0.2, 0.25) is 0 Å². The molecule has 0 bridgehead atoms. The summed E-state index contributed by atoms with van der Waals surface area (Å²) in [6.07, 6.45) is 3.89. The molecular weight excluding hydrogens is 220 g/mol. The Labute approximate surface area is 101 Å². The summed E-state index contributed by atoms with van der Waals surface area (Å²) in [6.45, 7) is 3.38. The molecule has 17 heavy (non-hydrogen) atoms. The van der Waals surface area contributed by atoms with Gasteiger partial charge in [0.05, 0.1) is 12.8 Å². The zero-order valence-corrected chi connectivity index (χ0v) is 10.5. The number of hydrogen-bond acceptors (Lipinski definition) is 5. The van der Waals surface area contributed by atoms with Crippen LogP contribution in [0.4, 0.5) is 0 Å². The Morgan fingerprint density at radius 3 is 2.82 bits per heavy atom. The maximum atomic E-state index is 11.5. The van der Waals surface area contributed by atoms with Gasteiger partial charge in [0.25, 0.3) is 0 Å². The number of aryl methyl sites for hydroxylation is 1. The van der Waals surface area contributed by atoms with Gasteiger partial charge in [-0.05, 0) is 13.0 Å². The monoisotopic (exact) mass is 240 g/mol. The van der Waals surface area contributed by atoms with Gasteiger partial charge in [0.1, 0.15) is 0 Å². The van der Waals surface area contributed by atoms with Gasteiger partial charge in [-0.3, -0.25) is 0 Å². The third kappa shape index (κ3) is 3.52. The molecule has 0 unspecified atom stereocenters. The van der Waals surface area contributed by atoms with E-state index in [0.717, 1.165) is 31.5 Å². The van der Waals surface area contributed by atoms with Crippen molar-refractivity contribution in [3.8, 4) is 0 Å². The number of ether oxygens (including phenoxy) is 1. The van der Waals surface area contributed by atoms with Crippen molar-refractivity contribution >= 4 is 5.97 Å². The van der Waals surface area contributed by atoms with Gasteiger partial charge in [0, 0.05) is 13.0 Å². The summed E-state index contributed by atoms with van der Waals surface area (Å²) in [6, 6.07) is 0. The molecule has 1 aromatic heterocycles. The molecule has 0 amide bonds. The van der Waals surface area contributed by atoms with E-state index in [1.54, 1.807) is 4.68 Å². The average molecular weight is 240 g/mol. The predicted octanol–water partition coefficient (Wildman–Crippen LogP) is 0.756. The molecule has 0 aromatic carbocycles. The standard InChI is InChI=1S/C11H20N4O2/c1-3-4-5-8-15-9(6-7-12)10(13-14-15)11(16)17-2/h3-8,12H2,1-2H3. The SMILES string of the molecule is CCCCCn1nnc(C(=O)OC)c1CCN. The average Bonchev–Trinajstić information content (AvgIpc) is 2.73. The molecule has 0 saturated heterocycles. The second kappa shape index (κ2) is 7.01. The van der Waals surface area contributed by atoms with Gasteiger partial charge in [-0.15, -0.1) is 5.10 Å². The van der Waals surface area contributed by atoms with Gasteiger partial charge in [-0.1, -0.05) is 25.0 Å². The number of unbranched alkanes of at least 4 members (excludes halogenated alkanes) is 2. The molecule has 0 atom stereocenters. The Kier molecular flexibility index (Phi) is 5.62. The van der Waals surface area contributed by atoms with Gasteiger partial charge in [-0.2, -0.15) is 0 Å². The summed E-state index contributed by atoms with van der Waals surface area (Å²) in [5.41, 5.74) is 6.59. The highest BCUT2D eigenvalue weighted by Gasteiger charge is 2.19. The molecule has 1 aromatic rings. The van der Waals surface area contributed by atoms with E-state index in [9.17, 15) is 4.79 Å². The first-order valence-electron chi connectivity index (χ1n) is 5.95. The number of nitrogens with zero attached hydrogens (tertiary/aromatic N) is 3. The summed E-state index contributed by atoms with van der Waals surface area (Å²) >= 11 is 0. The normalized spacial score (nSPS) is 10.5. The lowest BCUT2D eigenvalue weighted by Gasteiger charge is -2.05. The summed E-state index contributed by atoms with van der Waals surface area (Å²) in [5.74, 6) is -0.449. The molecule has 1 rings (SSSR count). The highest BCUT2D eigenvalue weighted by molar-refractivity contribution is 5.88. The van der Waals surface area contributed by atoms with Crippen LogP contribution in [0, 0.1) is 0 Å². The van der Waals surface area contributed by atoms with Gasteiger partial charge in [0.15, 0.2) is 5.69 Å². The van der Waals surface area contributed by atoms with Crippen LogP contribution < -0.4 is 5.73 Å². The zero-order chi connectivity index (χ0) is 12.7. The highest BCUT2D eigenvalue weighted by atomic mass is 16.5. The number of esters is 1. The molecule has 0 aliphatic carbocycles. The summed E-state index contributed by atoms with van der Waals surface area (Å²) in [5, 5.41) is 7.85. The topological polar surface area (TPSA) is 83.0 Å². The van der Waals surface area contributed by atoms with Crippen LogP contribution in [0.25, 0.3) is 0 Å². The van der Waals surface area contributed by atoms with E-state index in [1.165, 1.54) is 7.11 Å². The van der Waals surface area contributed by atoms with E-state index >= 15 is 0 Å². The lowest BCUT2D eigenvalue weighted by molar-refractivity contribution is 0.0592. The molecule has 0 aliphatic rings. The van der Waals surface area contributed by atoms with Gasteiger partial charge >= 0.3 is 5.97 Å². The molecule has 0 aliphatic heterocycles. The predicted molar refractivity (Wildman–Crippen MR) is 63.6 cm³/mol. The van der Waals surface area contributed by atoms with Gasteiger partial charge < -0.3 is 10.5 Å². The number of hydrogen-bond donors (Lipinski definition) is 1. The number of carbonyl (C=O) groups is 1. The van der Waals surface area contributed by atoms with Crippen molar-refractivity contribution in [3.05, 3.63) is 11.4 Å². The number of nitrogens with two attached hydrogens (primary N) is 1. The zero-order valence-electron chi connectivity index (χ0n) is 10.5. The smallest absolute Gasteiger partial charge is 0.360 e. The van der Waals surface area contributed by atoms with E-state index in [0.29, 0.717) is 13.0 Å². The lowest BCUT2D eigenvalue weighted by atomic mass is 10.2. The molecule has 6 heteroatoms. The molecule has 0 fully saturated rings. The van der Waals surface area contributed by atoms with Crippen LogP contribution in [0.15, 0.2) is 0 Å². The molecule has 6 nitrogen and oxygen atoms in total. The van der Waals surface area contributed by atoms with Crippen molar-refractivity contribution in [3.63, 3.8) is 0 Å². The maximum Gasteiger partial charge on any atom is 0.360 e. The Balaban J connectivity index is 2.82. The largest absolute Gasteiger partial charge is 0.464 e. The fraction of sp³-hybridized carbons (Fsp3) is 0.727. The van der Waals surface area contributed by atoms with Crippen molar-refractivity contribution in [1.82, 2.24) is 15.0 Å². The Morgan fingerprint density at radius 1 is 1.47 bits per heavy atom. The van der Waals surface area contributed by atoms with Crippen LogP contribution in [0.3, 0.4) is 0 Å². The van der Waals surface area contributed by atoms with E-state index < -0.39 is 5.97 Å². The summed E-state index contributed by atoms with van der Waals surface area (Å²) < 4.78 is 6.43. The van der Waals surface area contributed by atoms with Crippen LogP contribution in [0.1, 0.15) is 42.4 Å². The Hall–Kier alpha value is -1.43. The van der Waals surface area contributed by atoms with E-state index in [4.69, 9.17) is 5.73 Å². The fourth-order valence-corrected chi connectivity index (χ4v) is 1.66. The van der Waals surface area contributed by atoms with Crippen molar-refractivity contribution in [2.24, 2.45) is 5.73 Å². The van der Waals surface area contributed by atoms with Crippen LogP contribution >= 0.6 is 0 Å². The van der Waals surface area contributed by atoms with Crippen molar-refractivity contribution in [2.45, 2.75) is 39.2 Å². The molecular formula is C11H20N4O2. The Morgan fingerprint density at radius 2 is 2.24 bits per heavy atom. The quantitative estimate of drug-likeness (QED) is 0.562. The summed E-state index contributed by atoms with van der Waals surface area (Å²) in [7, 11) is 1.34. The Bertz CT molecular complexity index is 362. The highest BCUT2D eigenvalue weighted by Crippen LogP contribution is 2.09. The molecule has 0 spiro atoms. The summed E-state index contributed by atoms with van der Waals surface area (Å²) in [4.78, 5) is 11.5. The molecule has 96 valence electrons. The van der Waals surface area contributed by atoms with Crippen LogP contribution in [0.5, 0.6) is 0 Å². The first-order chi connectivity index (χ1) is 8.24. The maximum absolute atomic E-state index is 11.5. The number of carbonyl (C=O) groups excluding carboxylic acids is 1. The number of methoxy groups -OCH3 is 1. The second-order valence-electron chi connectivity index (χ2n) is 3.85. The minimum Gasteiger partial charge on any atom is -0.464 e. The van der Waals surface area contributed by atoms with Crippen molar-refractivity contribution < 1.29 is 9.53 Å². The lowest BCUT2D eigenvalue weighted by Crippen LogP contribution is -2.14. The first kappa shape index (κ1) is 13.6. The van der Waals surface area contributed by atoms with Crippen LogP contribution in [-0.2, 0) is 17.7 Å². The molecule has 1 heterocycles. The van der Waals surface area contributed by atoms with E-state index in [-0.39, 0.29) is 5.69 Å². The first-order valence-corrected chi connectivity index (χ1v) is 5.95. The molecule has 0 radical (unpaired) electrons. The van der Waals surface area contributed by atoms with Crippen molar-refractivity contribution in [1.29, 1.82) is 0 Å². The van der Waals surface area contributed by atoms with Gasteiger partial charge in [0.2, 0.25) is 0 Å². The second-order valence-corrected chi connectivity index (χ2v) is 3.85. The van der Waals surface area contributed by atoms with E-state index in [2.05, 4.69) is 22.0 Å². The third-order valence-corrected chi connectivity index (χ3v) is 2.57.